The van der Waals surface area contributed by atoms with E-state index < -0.39 is 5.97 Å². The molecule has 0 aliphatic heterocycles. The molecule has 0 saturated carbocycles. The molecule has 14 heavy (non-hydrogen) atoms. The molecule has 0 bridgehead atoms. The number of aryl methyl sites for hydroxylation is 1. The summed E-state index contributed by atoms with van der Waals surface area (Å²) >= 11 is 0. The quantitative estimate of drug-likeness (QED) is 0.387. The van der Waals surface area contributed by atoms with Gasteiger partial charge >= 0.3 is 5.97 Å². The van der Waals surface area contributed by atoms with E-state index in [1.165, 1.54) is 18.9 Å². The van der Waals surface area contributed by atoms with E-state index in [1.54, 1.807) is 19.3 Å². The summed E-state index contributed by atoms with van der Waals surface area (Å²) in [6, 6.07) is 1.65. The molecular formula is C8H11N3O3. The van der Waals surface area contributed by atoms with Crippen LogP contribution in [-0.4, -0.2) is 35.7 Å². The number of rotatable bonds is 3. The molecule has 0 amide bonds. The molecule has 6 nitrogen and oxygen atoms in total. The summed E-state index contributed by atoms with van der Waals surface area (Å²) in [7, 11) is 4.34. The van der Waals surface area contributed by atoms with Crippen LogP contribution in [0.2, 0.25) is 0 Å². The van der Waals surface area contributed by atoms with Gasteiger partial charge in [-0.25, -0.2) is 4.79 Å². The van der Waals surface area contributed by atoms with Gasteiger partial charge in [0.1, 0.15) is 7.11 Å². The Hall–Kier alpha value is -1.85. The van der Waals surface area contributed by atoms with Gasteiger partial charge in [-0.15, -0.1) is 0 Å². The molecule has 1 heterocycles. The van der Waals surface area contributed by atoms with Gasteiger partial charge in [-0.3, -0.25) is 4.68 Å². The molecule has 0 radical (unpaired) electrons. The van der Waals surface area contributed by atoms with Crippen molar-refractivity contribution < 1.29 is 14.4 Å². The number of aromatic nitrogens is 2. The maximum atomic E-state index is 11.3. The number of oxime groups is 1. The minimum atomic E-state index is -0.560. The first-order valence-electron chi connectivity index (χ1n) is 3.88. The molecule has 0 unspecified atom stereocenters. The van der Waals surface area contributed by atoms with Crippen LogP contribution < -0.4 is 0 Å². The molecule has 0 saturated heterocycles. The fourth-order valence-electron chi connectivity index (χ4n) is 0.983. The largest absolute Gasteiger partial charge is 0.464 e. The normalized spacial score (nSPS) is 11.2. The highest BCUT2D eigenvalue weighted by atomic mass is 16.6. The number of esters is 1. The fraction of sp³-hybridized carbons (Fsp3) is 0.375. The molecule has 1 rings (SSSR count). The van der Waals surface area contributed by atoms with Gasteiger partial charge in [0.05, 0.1) is 12.8 Å². The second-order valence-electron chi connectivity index (χ2n) is 2.45. The van der Waals surface area contributed by atoms with Crippen molar-refractivity contribution >= 4 is 11.7 Å². The van der Waals surface area contributed by atoms with Crippen molar-refractivity contribution in [3.8, 4) is 0 Å². The molecule has 1 aromatic heterocycles. The van der Waals surface area contributed by atoms with Crippen LogP contribution in [0.4, 0.5) is 0 Å². The maximum Gasteiger partial charge on any atom is 0.362 e. The van der Waals surface area contributed by atoms with Gasteiger partial charge in [0, 0.05) is 13.2 Å². The Morgan fingerprint density at radius 3 is 2.71 bits per heavy atom. The van der Waals surface area contributed by atoms with Crippen LogP contribution in [0.15, 0.2) is 17.4 Å². The maximum absolute atomic E-state index is 11.3. The predicted molar refractivity (Wildman–Crippen MR) is 48.8 cm³/mol. The van der Waals surface area contributed by atoms with Crippen LogP contribution in [0.5, 0.6) is 0 Å². The van der Waals surface area contributed by atoms with E-state index >= 15 is 0 Å². The number of nitrogens with zero attached hydrogens (tertiary/aromatic N) is 3. The van der Waals surface area contributed by atoms with E-state index in [1.807, 2.05) is 0 Å². The highest BCUT2D eigenvalue weighted by molar-refractivity contribution is 6.42. The zero-order chi connectivity index (χ0) is 10.6. The second kappa shape index (κ2) is 4.40. The fourth-order valence-corrected chi connectivity index (χ4v) is 0.983. The summed E-state index contributed by atoms with van der Waals surface area (Å²) in [6.45, 7) is 0. The molecule has 0 aromatic carbocycles. The van der Waals surface area contributed by atoms with E-state index in [-0.39, 0.29) is 5.71 Å². The Kier molecular flexibility index (Phi) is 3.22. The summed E-state index contributed by atoms with van der Waals surface area (Å²) in [6.07, 6.45) is 1.56. The van der Waals surface area contributed by atoms with E-state index in [0.717, 1.165) is 0 Å². The van der Waals surface area contributed by atoms with Crippen LogP contribution in [0.1, 0.15) is 5.69 Å². The second-order valence-corrected chi connectivity index (χ2v) is 2.45. The first kappa shape index (κ1) is 10.2. The lowest BCUT2D eigenvalue weighted by Gasteiger charge is -2.03. The molecule has 6 heteroatoms. The average Bonchev–Trinajstić information content (AvgIpc) is 2.60. The molecular weight excluding hydrogens is 186 g/mol. The number of methoxy groups -OCH3 is 1. The van der Waals surface area contributed by atoms with E-state index in [2.05, 4.69) is 19.8 Å². The van der Waals surface area contributed by atoms with Gasteiger partial charge < -0.3 is 9.57 Å². The molecule has 76 valence electrons. The monoisotopic (exact) mass is 197 g/mol. The van der Waals surface area contributed by atoms with Crippen LogP contribution in [0.3, 0.4) is 0 Å². The van der Waals surface area contributed by atoms with Crippen LogP contribution in [0, 0.1) is 0 Å². The molecule has 1 aromatic rings. The minimum absolute atomic E-state index is 0.0926. The number of ether oxygens (including phenoxy) is 1. The Balaban J connectivity index is 3.07. The first-order chi connectivity index (χ1) is 6.70. The first-order valence-corrected chi connectivity index (χ1v) is 3.88. The van der Waals surface area contributed by atoms with Crippen molar-refractivity contribution in [2.45, 2.75) is 0 Å². The van der Waals surface area contributed by atoms with E-state index in [0.29, 0.717) is 5.69 Å². The molecule has 0 N–H and O–H groups in total. The smallest absolute Gasteiger partial charge is 0.362 e. The number of hydrogen-bond donors (Lipinski definition) is 0. The summed E-state index contributed by atoms with van der Waals surface area (Å²) in [5, 5.41) is 7.49. The van der Waals surface area contributed by atoms with Crippen molar-refractivity contribution in [1.82, 2.24) is 9.78 Å². The van der Waals surface area contributed by atoms with Crippen molar-refractivity contribution in [2.75, 3.05) is 14.2 Å². The highest BCUT2D eigenvalue weighted by Crippen LogP contribution is 2.01. The van der Waals surface area contributed by atoms with Gasteiger partial charge in [-0.2, -0.15) is 5.10 Å². The number of hydrogen-bond acceptors (Lipinski definition) is 5. The van der Waals surface area contributed by atoms with Crippen LogP contribution in [0.25, 0.3) is 0 Å². The zero-order valence-corrected chi connectivity index (χ0v) is 8.22. The zero-order valence-electron chi connectivity index (χ0n) is 8.22. The summed E-state index contributed by atoms with van der Waals surface area (Å²) in [5.74, 6) is -0.560. The Morgan fingerprint density at radius 1 is 1.57 bits per heavy atom. The average molecular weight is 197 g/mol. The van der Waals surface area contributed by atoms with Gasteiger partial charge in [0.25, 0.3) is 0 Å². The SMILES string of the molecule is CON=C(C(=O)OC)c1ccnn1C. The van der Waals surface area contributed by atoms with Gasteiger partial charge in [-0.1, -0.05) is 5.16 Å². The summed E-state index contributed by atoms with van der Waals surface area (Å²) in [4.78, 5) is 15.8. The third kappa shape index (κ3) is 1.90. The third-order valence-corrected chi connectivity index (χ3v) is 1.62. The molecule has 0 aliphatic rings. The van der Waals surface area contributed by atoms with Crippen molar-refractivity contribution in [3.05, 3.63) is 18.0 Å². The van der Waals surface area contributed by atoms with Gasteiger partial charge in [0.15, 0.2) is 0 Å². The molecule has 0 fully saturated rings. The topological polar surface area (TPSA) is 65.7 Å². The van der Waals surface area contributed by atoms with Gasteiger partial charge in [0.2, 0.25) is 5.71 Å². The lowest BCUT2D eigenvalue weighted by Crippen LogP contribution is -2.20. The van der Waals surface area contributed by atoms with Crippen LogP contribution >= 0.6 is 0 Å². The minimum Gasteiger partial charge on any atom is -0.464 e. The third-order valence-electron chi connectivity index (χ3n) is 1.62. The summed E-state index contributed by atoms with van der Waals surface area (Å²) < 4.78 is 6.06. The number of carbonyl (C=O) groups is 1. The van der Waals surface area contributed by atoms with Crippen molar-refractivity contribution in [2.24, 2.45) is 12.2 Å². The number of carbonyl (C=O) groups excluding carboxylic acids is 1. The van der Waals surface area contributed by atoms with Crippen molar-refractivity contribution in [1.29, 1.82) is 0 Å². The Bertz CT molecular complexity index is 356. The van der Waals surface area contributed by atoms with E-state index in [9.17, 15) is 4.79 Å². The van der Waals surface area contributed by atoms with Gasteiger partial charge in [-0.05, 0) is 6.07 Å². The summed E-state index contributed by atoms with van der Waals surface area (Å²) in [5.41, 5.74) is 0.633. The van der Waals surface area contributed by atoms with Crippen LogP contribution in [-0.2, 0) is 21.4 Å². The van der Waals surface area contributed by atoms with Crippen molar-refractivity contribution in [3.63, 3.8) is 0 Å². The Morgan fingerprint density at radius 2 is 2.29 bits per heavy atom. The highest BCUT2D eigenvalue weighted by Gasteiger charge is 2.18. The lowest BCUT2D eigenvalue weighted by atomic mass is 10.3. The molecule has 0 aliphatic carbocycles. The molecule has 0 spiro atoms. The predicted octanol–water partition coefficient (Wildman–Crippen LogP) is -0.0564. The van der Waals surface area contributed by atoms with E-state index in [4.69, 9.17) is 0 Å². The molecule has 0 atom stereocenters. The Labute approximate surface area is 81.1 Å². The lowest BCUT2D eigenvalue weighted by molar-refractivity contribution is -0.132. The standard InChI is InChI=1S/C8H11N3O3/c1-11-6(4-5-9-11)7(10-14-3)8(12)13-2/h4-5H,1-3H3.